The molecule has 0 aliphatic carbocycles. The zero-order valence-electron chi connectivity index (χ0n) is 19.2. The number of hydrogen-bond donors (Lipinski definition) is 2. The molecule has 3 unspecified atom stereocenters. The molecule has 1 aliphatic heterocycles. The van der Waals surface area contributed by atoms with E-state index in [9.17, 15) is 9.50 Å². The quantitative estimate of drug-likeness (QED) is 0.530. The molecular formula is C26H28FN5O2. The van der Waals surface area contributed by atoms with Crippen molar-refractivity contribution in [2.24, 2.45) is 16.6 Å². The van der Waals surface area contributed by atoms with Gasteiger partial charge in [-0.05, 0) is 49.2 Å². The standard InChI is InChI=1S/C26H28FN5O2/c1-17-16-32(18(2)14-31-26(17)22-9-3-4-12-30-22)34-24(25-20(27)8-5-10-23(25)33)13-21(28)19-7-6-11-29-15-19/h3-12,14-15,17,21,24,33H,13,16,28H2,1-2H3. The van der Waals surface area contributed by atoms with Crippen molar-refractivity contribution < 1.29 is 14.3 Å². The molecule has 0 bridgehead atoms. The predicted molar refractivity (Wildman–Crippen MR) is 128 cm³/mol. The third kappa shape index (κ3) is 5.30. The van der Waals surface area contributed by atoms with Crippen molar-refractivity contribution in [1.29, 1.82) is 0 Å². The Bertz CT molecular complexity index is 1150. The molecule has 34 heavy (non-hydrogen) atoms. The van der Waals surface area contributed by atoms with Crippen molar-refractivity contribution in [3.63, 3.8) is 0 Å². The number of allylic oxidation sites excluding steroid dienone is 1. The van der Waals surface area contributed by atoms with Gasteiger partial charge in [0.15, 0.2) is 0 Å². The van der Waals surface area contributed by atoms with E-state index in [2.05, 4.69) is 15.0 Å². The second-order valence-corrected chi connectivity index (χ2v) is 8.36. The second-order valence-electron chi connectivity index (χ2n) is 8.36. The van der Waals surface area contributed by atoms with E-state index in [0.29, 0.717) is 6.54 Å². The van der Waals surface area contributed by atoms with Crippen molar-refractivity contribution in [2.45, 2.75) is 32.4 Å². The first-order valence-corrected chi connectivity index (χ1v) is 11.2. The molecule has 0 radical (unpaired) electrons. The lowest BCUT2D eigenvalue weighted by Gasteiger charge is -2.32. The molecule has 0 saturated carbocycles. The summed E-state index contributed by atoms with van der Waals surface area (Å²) in [6.07, 6.45) is 6.17. The number of hydrogen-bond acceptors (Lipinski definition) is 7. The summed E-state index contributed by atoms with van der Waals surface area (Å²) in [5.74, 6) is -0.762. The summed E-state index contributed by atoms with van der Waals surface area (Å²) in [5, 5.41) is 12.2. The van der Waals surface area contributed by atoms with E-state index >= 15 is 0 Å². The monoisotopic (exact) mass is 461 g/mol. The molecule has 7 nitrogen and oxygen atoms in total. The van der Waals surface area contributed by atoms with Crippen molar-refractivity contribution >= 4 is 5.71 Å². The Balaban J connectivity index is 1.61. The van der Waals surface area contributed by atoms with Crippen molar-refractivity contribution in [2.75, 3.05) is 6.54 Å². The number of aromatic nitrogens is 2. The Kier molecular flexibility index (Phi) is 7.30. The number of benzene rings is 1. The van der Waals surface area contributed by atoms with Gasteiger partial charge in [0.25, 0.3) is 0 Å². The minimum absolute atomic E-state index is 0.0227. The Morgan fingerprint density at radius 2 is 2.03 bits per heavy atom. The third-order valence-electron chi connectivity index (χ3n) is 5.80. The maximum Gasteiger partial charge on any atom is 0.132 e. The normalized spacial score (nSPS) is 18.0. The van der Waals surface area contributed by atoms with E-state index < -0.39 is 18.0 Å². The topological polar surface area (TPSA) is 96.9 Å². The zero-order valence-corrected chi connectivity index (χ0v) is 19.2. The molecule has 1 aliphatic rings. The van der Waals surface area contributed by atoms with E-state index in [1.165, 1.54) is 18.2 Å². The fraction of sp³-hybridized carbons (Fsp3) is 0.269. The molecule has 3 aromatic rings. The average Bonchev–Trinajstić information content (AvgIpc) is 2.97. The molecule has 3 atom stereocenters. The highest BCUT2D eigenvalue weighted by atomic mass is 19.1. The highest BCUT2D eigenvalue weighted by Crippen LogP contribution is 2.37. The minimum Gasteiger partial charge on any atom is -0.507 e. The minimum atomic E-state index is -0.844. The van der Waals surface area contributed by atoms with Crippen LogP contribution in [0.4, 0.5) is 4.39 Å². The maximum atomic E-state index is 14.9. The van der Waals surface area contributed by atoms with Crippen LogP contribution in [0.2, 0.25) is 0 Å². The number of aliphatic imine (C=N–C) groups is 1. The van der Waals surface area contributed by atoms with E-state index in [1.807, 2.05) is 38.1 Å². The molecule has 176 valence electrons. The van der Waals surface area contributed by atoms with Gasteiger partial charge < -0.3 is 10.8 Å². The maximum absolute atomic E-state index is 14.9. The number of pyridine rings is 2. The summed E-state index contributed by atoms with van der Waals surface area (Å²) >= 11 is 0. The lowest BCUT2D eigenvalue weighted by molar-refractivity contribution is -0.183. The Hall–Kier alpha value is -3.62. The Labute approximate surface area is 198 Å². The summed E-state index contributed by atoms with van der Waals surface area (Å²) in [6, 6.07) is 13.1. The summed E-state index contributed by atoms with van der Waals surface area (Å²) in [5.41, 5.74) is 9.68. The van der Waals surface area contributed by atoms with Crippen LogP contribution in [0.15, 0.2) is 84.0 Å². The Morgan fingerprint density at radius 3 is 2.74 bits per heavy atom. The van der Waals surface area contributed by atoms with Gasteiger partial charge in [-0.25, -0.2) is 4.39 Å². The number of phenolic OH excluding ortho intramolecular Hbond substituents is 1. The highest BCUT2D eigenvalue weighted by molar-refractivity contribution is 6.01. The van der Waals surface area contributed by atoms with Crippen molar-refractivity contribution in [3.8, 4) is 5.75 Å². The van der Waals surface area contributed by atoms with Crippen LogP contribution in [0.25, 0.3) is 0 Å². The van der Waals surface area contributed by atoms with E-state index in [-0.39, 0.29) is 23.7 Å². The van der Waals surface area contributed by atoms with Gasteiger partial charge in [-0.1, -0.05) is 25.1 Å². The van der Waals surface area contributed by atoms with Crippen LogP contribution in [-0.4, -0.2) is 32.4 Å². The number of phenols is 1. The highest BCUT2D eigenvalue weighted by Gasteiger charge is 2.29. The van der Waals surface area contributed by atoms with E-state index in [4.69, 9.17) is 10.6 Å². The summed E-state index contributed by atoms with van der Waals surface area (Å²) < 4.78 is 14.9. The van der Waals surface area contributed by atoms with Gasteiger partial charge in [0.05, 0.1) is 29.2 Å². The number of hydroxylamine groups is 2. The van der Waals surface area contributed by atoms with Crippen LogP contribution in [0.1, 0.15) is 49.2 Å². The first kappa shape index (κ1) is 23.5. The van der Waals surface area contributed by atoms with Gasteiger partial charge in [-0.3, -0.25) is 24.9 Å². The van der Waals surface area contributed by atoms with Crippen molar-refractivity contribution in [3.05, 3.63) is 102 Å². The van der Waals surface area contributed by atoms with Crippen LogP contribution < -0.4 is 5.73 Å². The van der Waals surface area contributed by atoms with Gasteiger partial charge in [-0.15, -0.1) is 0 Å². The van der Waals surface area contributed by atoms with Gasteiger partial charge in [0, 0.05) is 36.8 Å². The fourth-order valence-corrected chi connectivity index (χ4v) is 3.97. The zero-order chi connectivity index (χ0) is 24.1. The van der Waals surface area contributed by atoms with Crippen LogP contribution in [0.5, 0.6) is 5.75 Å². The SMILES string of the molecule is CC1=CN=C(c2ccccn2)C(C)CN1OC(CC(N)c1cccnc1)c1c(O)cccc1F. The molecule has 3 heterocycles. The van der Waals surface area contributed by atoms with Gasteiger partial charge >= 0.3 is 0 Å². The molecule has 0 saturated heterocycles. The molecule has 0 fully saturated rings. The molecular weight excluding hydrogens is 433 g/mol. The second kappa shape index (κ2) is 10.5. The summed E-state index contributed by atoms with van der Waals surface area (Å²) in [6.45, 7) is 4.37. The molecule has 4 rings (SSSR count). The lowest BCUT2D eigenvalue weighted by atomic mass is 9.97. The van der Waals surface area contributed by atoms with Crippen LogP contribution in [-0.2, 0) is 4.84 Å². The largest absolute Gasteiger partial charge is 0.507 e. The molecule has 8 heteroatoms. The van der Waals surface area contributed by atoms with Crippen LogP contribution in [0.3, 0.4) is 0 Å². The van der Waals surface area contributed by atoms with Gasteiger partial charge in [0.1, 0.15) is 17.7 Å². The number of rotatable bonds is 7. The molecule has 2 aromatic heterocycles. The van der Waals surface area contributed by atoms with Crippen LogP contribution >= 0.6 is 0 Å². The summed E-state index contributed by atoms with van der Waals surface area (Å²) in [7, 11) is 0. The number of nitrogens with zero attached hydrogens (tertiary/aromatic N) is 4. The molecule has 0 spiro atoms. The Morgan fingerprint density at radius 1 is 1.18 bits per heavy atom. The number of nitrogens with two attached hydrogens (primary N) is 1. The first-order chi connectivity index (χ1) is 16.4. The predicted octanol–water partition coefficient (Wildman–Crippen LogP) is 4.69. The van der Waals surface area contributed by atoms with Crippen molar-refractivity contribution in [1.82, 2.24) is 15.0 Å². The molecule has 1 aromatic carbocycles. The van der Waals surface area contributed by atoms with Crippen LogP contribution in [0, 0.1) is 11.7 Å². The molecule has 0 amide bonds. The summed E-state index contributed by atoms with van der Waals surface area (Å²) in [4.78, 5) is 19.5. The van der Waals surface area contributed by atoms with Gasteiger partial charge in [0.2, 0.25) is 0 Å². The number of halogens is 1. The number of aromatic hydroxyl groups is 1. The first-order valence-electron chi connectivity index (χ1n) is 11.2. The third-order valence-corrected chi connectivity index (χ3v) is 5.80. The smallest absolute Gasteiger partial charge is 0.132 e. The van der Waals surface area contributed by atoms with E-state index in [1.54, 1.807) is 35.9 Å². The average molecular weight is 462 g/mol. The lowest BCUT2D eigenvalue weighted by Crippen LogP contribution is -2.32. The van der Waals surface area contributed by atoms with E-state index in [0.717, 1.165) is 22.7 Å². The molecule has 3 N–H and O–H groups in total. The fourth-order valence-electron chi connectivity index (χ4n) is 3.97. The van der Waals surface area contributed by atoms with Gasteiger partial charge in [-0.2, -0.15) is 0 Å².